The number of benzene rings is 1. The van der Waals surface area contributed by atoms with Crippen LogP contribution in [0.15, 0.2) is 58.4 Å². The molecule has 1 aromatic carbocycles. The van der Waals surface area contributed by atoms with Crippen LogP contribution in [0.3, 0.4) is 0 Å². The third kappa shape index (κ3) is 4.13. The predicted octanol–water partition coefficient (Wildman–Crippen LogP) is 2.21. The van der Waals surface area contributed by atoms with Crippen LogP contribution >= 0.6 is 11.6 Å². The SMILES string of the molecule is Cc1nc2ccccn2c(=O)c1CCN1CCN(S(=O)(=O)c2ccc(Cl)cc2)CC1. The molecule has 0 atom stereocenters. The van der Waals surface area contributed by atoms with E-state index in [1.165, 1.54) is 16.4 Å². The lowest BCUT2D eigenvalue weighted by molar-refractivity contribution is 0.190. The number of nitrogens with zero attached hydrogens (tertiary/aromatic N) is 4. The second-order valence-electron chi connectivity index (χ2n) is 7.36. The minimum absolute atomic E-state index is 0.0398. The number of aryl methyl sites for hydroxylation is 1. The van der Waals surface area contributed by atoms with Crippen LogP contribution < -0.4 is 5.56 Å². The highest BCUT2D eigenvalue weighted by Crippen LogP contribution is 2.20. The molecular weight excluding hydrogens is 424 g/mol. The lowest BCUT2D eigenvalue weighted by Crippen LogP contribution is -2.49. The summed E-state index contributed by atoms with van der Waals surface area (Å²) >= 11 is 5.86. The Morgan fingerprint density at radius 3 is 2.43 bits per heavy atom. The van der Waals surface area contributed by atoms with Crippen LogP contribution in [0.4, 0.5) is 0 Å². The first-order valence-corrected chi connectivity index (χ1v) is 11.6. The number of fused-ring (bicyclic) bond motifs is 1. The van der Waals surface area contributed by atoms with Gasteiger partial charge < -0.3 is 4.90 Å². The molecule has 0 amide bonds. The molecule has 1 saturated heterocycles. The second kappa shape index (κ2) is 8.47. The molecule has 0 saturated carbocycles. The summed E-state index contributed by atoms with van der Waals surface area (Å²) in [5.41, 5.74) is 2.05. The number of hydrogen-bond donors (Lipinski definition) is 0. The summed E-state index contributed by atoms with van der Waals surface area (Å²) in [4.78, 5) is 19.8. The highest BCUT2D eigenvalue weighted by molar-refractivity contribution is 7.89. The Hall–Kier alpha value is -2.26. The van der Waals surface area contributed by atoms with Crippen molar-refractivity contribution in [2.24, 2.45) is 0 Å². The molecule has 3 aromatic rings. The van der Waals surface area contributed by atoms with E-state index in [1.807, 2.05) is 25.1 Å². The molecule has 4 rings (SSSR count). The molecule has 9 heteroatoms. The summed E-state index contributed by atoms with van der Waals surface area (Å²) in [5.74, 6) is 0. The van der Waals surface area contributed by atoms with E-state index < -0.39 is 10.0 Å². The molecule has 30 heavy (non-hydrogen) atoms. The Balaban J connectivity index is 1.41. The number of halogens is 1. The topological polar surface area (TPSA) is 75.0 Å². The van der Waals surface area contributed by atoms with E-state index in [4.69, 9.17) is 11.6 Å². The van der Waals surface area contributed by atoms with Crippen LogP contribution in [0.2, 0.25) is 5.02 Å². The molecule has 0 aliphatic carbocycles. The molecule has 3 heterocycles. The third-order valence-electron chi connectivity index (χ3n) is 5.50. The van der Waals surface area contributed by atoms with Gasteiger partial charge in [0.25, 0.3) is 5.56 Å². The molecule has 0 spiro atoms. The standard InChI is InChI=1S/C21H23ClN4O3S/c1-16-19(21(27)26-10-3-2-4-20(26)23-16)9-11-24-12-14-25(15-13-24)30(28,29)18-7-5-17(22)6-8-18/h2-8,10H,9,11-15H2,1H3. The number of hydrogen-bond acceptors (Lipinski definition) is 5. The van der Waals surface area contributed by atoms with Crippen molar-refractivity contribution in [1.82, 2.24) is 18.6 Å². The minimum atomic E-state index is -3.52. The number of aromatic nitrogens is 2. The van der Waals surface area contributed by atoms with Crippen molar-refractivity contribution >= 4 is 27.3 Å². The first-order valence-electron chi connectivity index (χ1n) is 9.81. The first kappa shape index (κ1) is 21.0. The van der Waals surface area contributed by atoms with Gasteiger partial charge in [0.1, 0.15) is 5.65 Å². The summed E-state index contributed by atoms with van der Waals surface area (Å²) < 4.78 is 28.7. The van der Waals surface area contributed by atoms with E-state index in [9.17, 15) is 13.2 Å². The molecule has 0 radical (unpaired) electrons. The van der Waals surface area contributed by atoms with Gasteiger partial charge in [0.15, 0.2) is 0 Å². The van der Waals surface area contributed by atoms with Gasteiger partial charge in [-0.15, -0.1) is 0 Å². The van der Waals surface area contributed by atoms with Crippen molar-refractivity contribution < 1.29 is 8.42 Å². The lowest BCUT2D eigenvalue weighted by atomic mass is 10.1. The maximum atomic E-state index is 12.8. The quantitative estimate of drug-likeness (QED) is 0.600. The fourth-order valence-electron chi connectivity index (χ4n) is 3.74. The zero-order valence-electron chi connectivity index (χ0n) is 16.7. The summed E-state index contributed by atoms with van der Waals surface area (Å²) in [6.07, 6.45) is 2.31. The van der Waals surface area contributed by atoms with Crippen LogP contribution in [0.1, 0.15) is 11.3 Å². The van der Waals surface area contributed by atoms with Crippen molar-refractivity contribution in [3.63, 3.8) is 0 Å². The van der Waals surface area contributed by atoms with E-state index in [0.29, 0.717) is 55.4 Å². The fraction of sp³-hybridized carbons (Fsp3) is 0.333. The van der Waals surface area contributed by atoms with E-state index in [-0.39, 0.29) is 10.5 Å². The number of pyridine rings is 1. The molecule has 0 unspecified atom stereocenters. The molecule has 158 valence electrons. The molecule has 2 aromatic heterocycles. The van der Waals surface area contributed by atoms with Gasteiger partial charge in [-0.3, -0.25) is 9.20 Å². The molecule has 0 N–H and O–H groups in total. The zero-order valence-corrected chi connectivity index (χ0v) is 18.2. The molecule has 7 nitrogen and oxygen atoms in total. The maximum Gasteiger partial charge on any atom is 0.261 e. The normalized spacial score (nSPS) is 16.2. The second-order valence-corrected chi connectivity index (χ2v) is 9.73. The van der Waals surface area contributed by atoms with Crippen molar-refractivity contribution in [1.29, 1.82) is 0 Å². The molecule has 0 bridgehead atoms. The largest absolute Gasteiger partial charge is 0.300 e. The maximum absolute atomic E-state index is 12.8. The monoisotopic (exact) mass is 446 g/mol. The average Bonchev–Trinajstić information content (AvgIpc) is 2.74. The van der Waals surface area contributed by atoms with Gasteiger partial charge in [-0.2, -0.15) is 4.31 Å². The highest BCUT2D eigenvalue weighted by atomic mass is 35.5. The van der Waals surface area contributed by atoms with Gasteiger partial charge in [-0.05, 0) is 49.7 Å². The van der Waals surface area contributed by atoms with Gasteiger partial charge in [0, 0.05) is 55.2 Å². The van der Waals surface area contributed by atoms with E-state index in [2.05, 4.69) is 9.88 Å². The van der Waals surface area contributed by atoms with Crippen LogP contribution in [0, 0.1) is 6.92 Å². The molecule has 1 aliphatic heterocycles. The van der Waals surface area contributed by atoms with Gasteiger partial charge in [-0.25, -0.2) is 13.4 Å². The van der Waals surface area contributed by atoms with E-state index in [0.717, 1.165) is 5.69 Å². The first-order chi connectivity index (χ1) is 14.4. The number of piperazine rings is 1. The summed E-state index contributed by atoms with van der Waals surface area (Å²) in [6, 6.07) is 11.7. The smallest absolute Gasteiger partial charge is 0.261 e. The number of rotatable bonds is 5. The van der Waals surface area contributed by atoms with Gasteiger partial charge in [0.2, 0.25) is 10.0 Å². The average molecular weight is 447 g/mol. The van der Waals surface area contributed by atoms with Crippen molar-refractivity contribution in [3.8, 4) is 0 Å². The third-order valence-corrected chi connectivity index (χ3v) is 7.66. The fourth-order valence-corrected chi connectivity index (χ4v) is 5.29. The Labute approximate surface area is 180 Å². The van der Waals surface area contributed by atoms with Gasteiger partial charge in [0.05, 0.1) is 4.90 Å². The molecule has 1 fully saturated rings. The minimum Gasteiger partial charge on any atom is -0.300 e. The Bertz CT molecular complexity index is 1220. The van der Waals surface area contributed by atoms with Crippen molar-refractivity contribution in [2.45, 2.75) is 18.2 Å². The highest BCUT2D eigenvalue weighted by Gasteiger charge is 2.28. The predicted molar refractivity (Wildman–Crippen MR) is 117 cm³/mol. The Kier molecular flexibility index (Phi) is 5.92. The summed E-state index contributed by atoms with van der Waals surface area (Å²) in [5, 5.41) is 0.508. The lowest BCUT2D eigenvalue weighted by Gasteiger charge is -2.34. The van der Waals surface area contributed by atoms with Crippen LogP contribution in [-0.2, 0) is 16.4 Å². The van der Waals surface area contributed by atoms with Gasteiger partial charge >= 0.3 is 0 Å². The van der Waals surface area contributed by atoms with Crippen LogP contribution in [-0.4, -0.2) is 59.7 Å². The molecular formula is C21H23ClN4O3S. The number of sulfonamides is 1. The summed E-state index contributed by atoms with van der Waals surface area (Å²) in [6.45, 7) is 4.62. The van der Waals surface area contributed by atoms with Crippen LogP contribution in [0.5, 0.6) is 0 Å². The molecule has 1 aliphatic rings. The van der Waals surface area contributed by atoms with Crippen molar-refractivity contribution in [3.05, 3.63) is 75.3 Å². The van der Waals surface area contributed by atoms with E-state index >= 15 is 0 Å². The van der Waals surface area contributed by atoms with Crippen molar-refractivity contribution in [2.75, 3.05) is 32.7 Å². The van der Waals surface area contributed by atoms with Gasteiger partial charge in [-0.1, -0.05) is 17.7 Å². The van der Waals surface area contributed by atoms with Crippen LogP contribution in [0.25, 0.3) is 5.65 Å². The Morgan fingerprint density at radius 2 is 1.73 bits per heavy atom. The summed E-state index contributed by atoms with van der Waals surface area (Å²) in [7, 11) is -3.52. The Morgan fingerprint density at radius 1 is 1.03 bits per heavy atom. The zero-order chi connectivity index (χ0) is 21.3. The van der Waals surface area contributed by atoms with E-state index in [1.54, 1.807) is 22.7 Å².